The molecule has 0 atom stereocenters. The minimum Gasteiger partial charge on any atom is -0.281 e. The second-order valence-electron chi connectivity index (χ2n) is 4.28. The molecule has 0 saturated heterocycles. The number of hydrogen-bond acceptors (Lipinski definition) is 2. The molecule has 0 amide bonds. The van der Waals surface area contributed by atoms with Crippen LogP contribution in [0.5, 0.6) is 0 Å². The molecule has 0 fully saturated rings. The second kappa shape index (κ2) is 5.60. The van der Waals surface area contributed by atoms with Crippen LogP contribution >= 0.6 is 34.8 Å². The molecule has 0 spiro atoms. The summed E-state index contributed by atoms with van der Waals surface area (Å²) in [7, 11) is 0. The van der Waals surface area contributed by atoms with Gasteiger partial charge in [-0.1, -0.05) is 29.3 Å². The fraction of sp³-hybridized carbons (Fsp3) is 0.143. The van der Waals surface area contributed by atoms with Crippen LogP contribution in [0.1, 0.15) is 5.82 Å². The summed E-state index contributed by atoms with van der Waals surface area (Å²) < 4.78 is 1.96. The summed E-state index contributed by atoms with van der Waals surface area (Å²) >= 11 is 17.9. The Morgan fingerprint density at radius 3 is 2.70 bits per heavy atom. The lowest BCUT2D eigenvalue weighted by Gasteiger charge is -2.08. The van der Waals surface area contributed by atoms with Crippen LogP contribution in [0.3, 0.4) is 0 Å². The topological polar surface area (TPSA) is 30.7 Å². The van der Waals surface area contributed by atoms with E-state index in [0.29, 0.717) is 22.3 Å². The van der Waals surface area contributed by atoms with Crippen molar-refractivity contribution in [2.45, 2.75) is 6.42 Å². The maximum atomic E-state index is 6.07. The zero-order valence-corrected chi connectivity index (χ0v) is 12.6. The maximum absolute atomic E-state index is 6.07. The van der Waals surface area contributed by atoms with Crippen molar-refractivity contribution >= 4 is 46.0 Å². The zero-order chi connectivity index (χ0) is 14.1. The Balaban J connectivity index is 2.28. The number of imidazole rings is 1. The molecule has 6 heteroatoms. The van der Waals surface area contributed by atoms with Gasteiger partial charge in [-0.2, -0.15) is 0 Å². The zero-order valence-electron chi connectivity index (χ0n) is 10.4. The number of alkyl halides is 1. The summed E-state index contributed by atoms with van der Waals surface area (Å²) in [5, 5.41) is 1.22. The van der Waals surface area contributed by atoms with Gasteiger partial charge in [-0.3, -0.25) is 4.57 Å². The van der Waals surface area contributed by atoms with E-state index in [9.17, 15) is 0 Å². The van der Waals surface area contributed by atoms with E-state index >= 15 is 0 Å². The molecule has 1 aromatic carbocycles. The lowest BCUT2D eigenvalue weighted by molar-refractivity contribution is 0.905. The Kier molecular flexibility index (Phi) is 3.83. The monoisotopic (exact) mass is 325 g/mol. The summed E-state index contributed by atoms with van der Waals surface area (Å²) in [5.74, 6) is 1.32. The Bertz CT molecular complexity index is 767. The van der Waals surface area contributed by atoms with E-state index < -0.39 is 0 Å². The van der Waals surface area contributed by atoms with Crippen LogP contribution in [0.15, 0.2) is 36.5 Å². The highest BCUT2D eigenvalue weighted by molar-refractivity contribution is 6.31. The van der Waals surface area contributed by atoms with E-state index in [4.69, 9.17) is 34.8 Å². The van der Waals surface area contributed by atoms with Crippen molar-refractivity contribution < 1.29 is 0 Å². The Labute approximate surface area is 131 Å². The average Bonchev–Trinajstić information content (AvgIpc) is 2.76. The van der Waals surface area contributed by atoms with Gasteiger partial charge < -0.3 is 0 Å². The van der Waals surface area contributed by atoms with Crippen molar-refractivity contribution in [3.63, 3.8) is 0 Å². The van der Waals surface area contributed by atoms with Gasteiger partial charge in [0, 0.05) is 23.5 Å². The lowest BCUT2D eigenvalue weighted by Crippen LogP contribution is -2.02. The van der Waals surface area contributed by atoms with E-state index in [1.807, 2.05) is 28.8 Å². The highest BCUT2D eigenvalue weighted by Gasteiger charge is 2.13. The number of benzene rings is 1. The summed E-state index contributed by atoms with van der Waals surface area (Å²) in [6, 6.07) is 9.35. The van der Waals surface area contributed by atoms with E-state index in [-0.39, 0.29) is 0 Å². The van der Waals surface area contributed by atoms with Crippen molar-refractivity contribution in [3.8, 4) is 5.69 Å². The highest BCUT2D eigenvalue weighted by Crippen LogP contribution is 2.24. The van der Waals surface area contributed by atoms with Gasteiger partial charge in [0.1, 0.15) is 11.3 Å². The third kappa shape index (κ3) is 2.49. The molecular formula is C14H10Cl3N3. The SMILES string of the molecule is ClCCc1nc2cc(Cl)cnc2n1-c1cccc(Cl)c1. The third-order valence-corrected chi connectivity index (χ3v) is 3.55. The van der Waals surface area contributed by atoms with E-state index in [1.54, 1.807) is 12.3 Å². The first-order valence-electron chi connectivity index (χ1n) is 6.04. The van der Waals surface area contributed by atoms with Gasteiger partial charge in [0.15, 0.2) is 5.65 Å². The van der Waals surface area contributed by atoms with Gasteiger partial charge in [0.25, 0.3) is 0 Å². The molecule has 0 radical (unpaired) electrons. The quantitative estimate of drug-likeness (QED) is 0.663. The molecule has 0 bridgehead atoms. The van der Waals surface area contributed by atoms with Gasteiger partial charge in [0.05, 0.1) is 10.7 Å². The molecule has 2 heterocycles. The van der Waals surface area contributed by atoms with Crippen LogP contribution in [0.25, 0.3) is 16.9 Å². The molecule has 2 aromatic heterocycles. The molecular weight excluding hydrogens is 317 g/mol. The molecule has 0 aliphatic carbocycles. The summed E-state index contributed by atoms with van der Waals surface area (Å²) in [4.78, 5) is 8.93. The first-order chi connectivity index (χ1) is 9.69. The van der Waals surface area contributed by atoms with Crippen LogP contribution in [-0.2, 0) is 6.42 Å². The van der Waals surface area contributed by atoms with Gasteiger partial charge in [0.2, 0.25) is 0 Å². The van der Waals surface area contributed by atoms with Crippen LogP contribution in [0.2, 0.25) is 10.0 Å². The first kappa shape index (κ1) is 13.7. The summed E-state index contributed by atoms with van der Waals surface area (Å²) in [5.41, 5.74) is 2.41. The van der Waals surface area contributed by atoms with E-state index in [2.05, 4.69) is 9.97 Å². The third-order valence-electron chi connectivity index (χ3n) is 2.92. The van der Waals surface area contributed by atoms with E-state index in [1.165, 1.54) is 0 Å². The smallest absolute Gasteiger partial charge is 0.164 e. The minimum absolute atomic E-state index is 0.484. The number of rotatable bonds is 3. The van der Waals surface area contributed by atoms with Gasteiger partial charge in [-0.25, -0.2) is 9.97 Å². The van der Waals surface area contributed by atoms with E-state index in [0.717, 1.165) is 22.7 Å². The van der Waals surface area contributed by atoms with Gasteiger partial charge >= 0.3 is 0 Å². The lowest BCUT2D eigenvalue weighted by atomic mass is 10.3. The first-order valence-corrected chi connectivity index (χ1v) is 7.33. The Hall–Kier alpha value is -1.29. The number of fused-ring (bicyclic) bond motifs is 1. The molecule has 0 unspecified atom stereocenters. The summed E-state index contributed by atoms with van der Waals surface area (Å²) in [6.45, 7) is 0. The van der Waals surface area contributed by atoms with Gasteiger partial charge in [-0.05, 0) is 24.3 Å². The molecule has 0 aliphatic heterocycles. The molecule has 0 aliphatic rings. The molecule has 3 aromatic rings. The largest absolute Gasteiger partial charge is 0.281 e. The van der Waals surface area contributed by atoms with Crippen LogP contribution in [0, 0.1) is 0 Å². The maximum Gasteiger partial charge on any atom is 0.164 e. The number of aromatic nitrogens is 3. The molecule has 102 valence electrons. The molecule has 3 nitrogen and oxygen atoms in total. The van der Waals surface area contributed by atoms with Crippen LogP contribution < -0.4 is 0 Å². The second-order valence-corrected chi connectivity index (χ2v) is 5.53. The summed E-state index contributed by atoms with van der Waals surface area (Å²) in [6.07, 6.45) is 2.25. The van der Waals surface area contributed by atoms with Crippen molar-refractivity contribution in [2.24, 2.45) is 0 Å². The van der Waals surface area contributed by atoms with Crippen LogP contribution in [0.4, 0.5) is 0 Å². The molecule has 0 saturated carbocycles. The van der Waals surface area contributed by atoms with Crippen molar-refractivity contribution in [1.82, 2.24) is 14.5 Å². The minimum atomic E-state index is 0.484. The predicted octanol–water partition coefficient (Wildman–Crippen LogP) is 4.51. The number of nitrogens with zero attached hydrogens (tertiary/aromatic N) is 3. The molecule has 3 rings (SSSR count). The number of pyridine rings is 1. The standard InChI is InChI=1S/C14H10Cl3N3/c15-5-4-13-19-12-7-10(17)8-18-14(12)20(13)11-3-1-2-9(16)6-11/h1-3,6-8H,4-5H2. The van der Waals surface area contributed by atoms with Crippen LogP contribution in [-0.4, -0.2) is 20.4 Å². The Morgan fingerprint density at radius 2 is 1.95 bits per heavy atom. The highest BCUT2D eigenvalue weighted by atomic mass is 35.5. The Morgan fingerprint density at radius 1 is 1.10 bits per heavy atom. The number of aryl methyl sites for hydroxylation is 1. The fourth-order valence-corrected chi connectivity index (χ4v) is 2.63. The van der Waals surface area contributed by atoms with Gasteiger partial charge in [-0.15, -0.1) is 11.6 Å². The fourth-order valence-electron chi connectivity index (χ4n) is 2.13. The normalized spacial score (nSPS) is 11.2. The number of hydrogen-bond donors (Lipinski definition) is 0. The molecule has 0 N–H and O–H groups in total. The molecule has 20 heavy (non-hydrogen) atoms. The van der Waals surface area contributed by atoms with Crippen molar-refractivity contribution in [1.29, 1.82) is 0 Å². The average molecular weight is 327 g/mol. The predicted molar refractivity (Wildman–Crippen MR) is 83.3 cm³/mol. The number of halogens is 3. The van der Waals surface area contributed by atoms with Crippen molar-refractivity contribution in [2.75, 3.05) is 5.88 Å². The van der Waals surface area contributed by atoms with Crippen molar-refractivity contribution in [3.05, 3.63) is 52.4 Å².